The number of methoxy groups -OCH3 is 1. The predicted molar refractivity (Wildman–Crippen MR) is 80.8 cm³/mol. The van der Waals surface area contributed by atoms with Gasteiger partial charge in [0.05, 0.1) is 7.11 Å². The summed E-state index contributed by atoms with van der Waals surface area (Å²) in [6.45, 7) is -0.0679. The van der Waals surface area contributed by atoms with Gasteiger partial charge in [0.2, 0.25) is 5.88 Å². The van der Waals surface area contributed by atoms with Gasteiger partial charge in [-0.05, 0) is 24.3 Å². The number of esters is 1. The number of aromatic nitrogens is 3. The molecule has 0 spiro atoms. The van der Waals surface area contributed by atoms with Gasteiger partial charge in [-0.1, -0.05) is 5.16 Å². The smallest absolute Gasteiger partial charge is 0.345 e. The third kappa shape index (κ3) is 3.27. The molecule has 0 aliphatic carbocycles. The van der Waals surface area contributed by atoms with Crippen molar-refractivity contribution in [3.63, 3.8) is 0 Å². The fourth-order valence-electron chi connectivity index (χ4n) is 2.11. The number of ether oxygens (including phenoxy) is 2. The van der Waals surface area contributed by atoms with E-state index in [0.717, 1.165) is 0 Å². The Morgan fingerprint density at radius 1 is 1.33 bits per heavy atom. The van der Waals surface area contributed by atoms with Crippen molar-refractivity contribution in [3.05, 3.63) is 53.6 Å². The van der Waals surface area contributed by atoms with E-state index in [2.05, 4.69) is 10.3 Å². The van der Waals surface area contributed by atoms with Crippen LogP contribution in [0.1, 0.15) is 16.1 Å². The second kappa shape index (κ2) is 6.53. The Balaban J connectivity index is 1.67. The van der Waals surface area contributed by atoms with Crippen molar-refractivity contribution in [2.75, 3.05) is 7.11 Å². The summed E-state index contributed by atoms with van der Waals surface area (Å²) in [6.07, 6.45) is 1.51. The quantitative estimate of drug-likeness (QED) is 0.669. The van der Waals surface area contributed by atoms with Gasteiger partial charge in [-0.2, -0.15) is 0 Å². The molecule has 24 heavy (non-hydrogen) atoms. The standard InChI is InChI=1S/C16H14FN3O4/c1-20-8-13(15(18-20)22-2)16(21)23-9-12-7-14(24-19-12)10-3-5-11(17)6-4-10/h3-8H,9H2,1-2H3. The maximum Gasteiger partial charge on any atom is 0.345 e. The fraction of sp³-hybridized carbons (Fsp3) is 0.188. The van der Waals surface area contributed by atoms with Gasteiger partial charge in [-0.25, -0.2) is 9.18 Å². The summed E-state index contributed by atoms with van der Waals surface area (Å²) in [6, 6.07) is 7.43. The van der Waals surface area contributed by atoms with Crippen LogP contribution in [-0.2, 0) is 18.4 Å². The van der Waals surface area contributed by atoms with Crippen LogP contribution in [-0.4, -0.2) is 28.0 Å². The topological polar surface area (TPSA) is 79.4 Å². The van der Waals surface area contributed by atoms with E-state index in [9.17, 15) is 9.18 Å². The number of rotatable bonds is 5. The van der Waals surface area contributed by atoms with Crippen LogP contribution in [0.5, 0.6) is 5.88 Å². The van der Waals surface area contributed by atoms with Crippen LogP contribution in [0.2, 0.25) is 0 Å². The first-order chi connectivity index (χ1) is 11.6. The molecule has 2 aromatic heterocycles. The average Bonchev–Trinajstić information content (AvgIpc) is 3.19. The maximum atomic E-state index is 12.9. The molecule has 0 amide bonds. The molecule has 8 heteroatoms. The molecule has 3 aromatic rings. The molecule has 0 aliphatic heterocycles. The number of carbonyl (C=O) groups excluding carboxylic acids is 1. The van der Waals surface area contributed by atoms with Crippen molar-refractivity contribution < 1.29 is 23.2 Å². The van der Waals surface area contributed by atoms with Gasteiger partial charge < -0.3 is 14.0 Å². The number of hydrogen-bond acceptors (Lipinski definition) is 6. The third-order valence-corrected chi connectivity index (χ3v) is 3.25. The van der Waals surface area contributed by atoms with Gasteiger partial charge in [0.15, 0.2) is 5.76 Å². The van der Waals surface area contributed by atoms with Crippen molar-refractivity contribution in [2.24, 2.45) is 7.05 Å². The first kappa shape index (κ1) is 15.7. The Kier molecular flexibility index (Phi) is 4.28. The monoisotopic (exact) mass is 331 g/mol. The largest absolute Gasteiger partial charge is 0.479 e. The Bertz CT molecular complexity index is 855. The summed E-state index contributed by atoms with van der Waals surface area (Å²) in [5.74, 6) is -0.265. The van der Waals surface area contributed by atoms with Gasteiger partial charge >= 0.3 is 5.97 Å². The van der Waals surface area contributed by atoms with Crippen molar-refractivity contribution in [1.29, 1.82) is 0 Å². The van der Waals surface area contributed by atoms with E-state index in [1.54, 1.807) is 25.2 Å². The summed E-state index contributed by atoms with van der Waals surface area (Å²) >= 11 is 0. The van der Waals surface area contributed by atoms with Gasteiger partial charge in [-0.15, -0.1) is 5.10 Å². The number of benzene rings is 1. The third-order valence-electron chi connectivity index (χ3n) is 3.25. The molecule has 0 bridgehead atoms. The molecule has 124 valence electrons. The van der Waals surface area contributed by atoms with Gasteiger partial charge in [0, 0.05) is 24.9 Å². The number of aryl methyl sites for hydroxylation is 1. The number of hydrogen-bond donors (Lipinski definition) is 0. The minimum atomic E-state index is -0.578. The van der Waals surface area contributed by atoms with Gasteiger partial charge in [0.1, 0.15) is 23.7 Å². The fourth-order valence-corrected chi connectivity index (χ4v) is 2.11. The van der Waals surface area contributed by atoms with E-state index < -0.39 is 5.97 Å². The van der Waals surface area contributed by atoms with E-state index in [0.29, 0.717) is 17.0 Å². The lowest BCUT2D eigenvalue weighted by Crippen LogP contribution is -2.06. The zero-order valence-corrected chi connectivity index (χ0v) is 13.0. The lowest BCUT2D eigenvalue weighted by Gasteiger charge is -2.01. The second-order valence-electron chi connectivity index (χ2n) is 4.99. The maximum absolute atomic E-state index is 12.9. The number of nitrogens with zero attached hydrogens (tertiary/aromatic N) is 3. The van der Waals surface area contributed by atoms with Crippen LogP contribution in [0, 0.1) is 5.82 Å². The zero-order valence-electron chi connectivity index (χ0n) is 13.0. The average molecular weight is 331 g/mol. The Hall–Kier alpha value is -3.16. The minimum absolute atomic E-state index is 0.0679. The molecule has 0 atom stereocenters. The number of halogens is 1. The van der Waals surface area contributed by atoms with Gasteiger partial charge in [-0.3, -0.25) is 4.68 Å². The highest BCUT2D eigenvalue weighted by Gasteiger charge is 2.18. The Morgan fingerprint density at radius 2 is 2.08 bits per heavy atom. The Labute approximate surface area is 136 Å². The predicted octanol–water partition coefficient (Wildman–Crippen LogP) is 2.58. The van der Waals surface area contributed by atoms with E-state index in [1.165, 1.54) is 30.1 Å². The van der Waals surface area contributed by atoms with Crippen LogP contribution in [0.25, 0.3) is 11.3 Å². The van der Waals surface area contributed by atoms with E-state index in [-0.39, 0.29) is 23.9 Å². The van der Waals surface area contributed by atoms with Crippen LogP contribution in [0.4, 0.5) is 4.39 Å². The zero-order chi connectivity index (χ0) is 17.1. The second-order valence-corrected chi connectivity index (χ2v) is 4.99. The molecule has 0 saturated carbocycles. The van der Waals surface area contributed by atoms with Crippen molar-refractivity contribution >= 4 is 5.97 Å². The first-order valence-electron chi connectivity index (χ1n) is 7.03. The minimum Gasteiger partial charge on any atom is -0.479 e. The molecule has 0 N–H and O–H groups in total. The van der Waals surface area contributed by atoms with Crippen molar-refractivity contribution in [2.45, 2.75) is 6.61 Å². The van der Waals surface area contributed by atoms with Crippen molar-refractivity contribution in [1.82, 2.24) is 14.9 Å². The van der Waals surface area contributed by atoms with E-state index in [1.807, 2.05) is 0 Å². The molecule has 0 saturated heterocycles. The molecule has 2 heterocycles. The lowest BCUT2D eigenvalue weighted by molar-refractivity contribution is 0.0460. The highest BCUT2D eigenvalue weighted by molar-refractivity contribution is 5.91. The van der Waals surface area contributed by atoms with Crippen LogP contribution >= 0.6 is 0 Å². The normalized spacial score (nSPS) is 10.6. The number of carbonyl (C=O) groups is 1. The molecular formula is C16H14FN3O4. The first-order valence-corrected chi connectivity index (χ1v) is 7.03. The molecule has 0 unspecified atom stereocenters. The summed E-state index contributed by atoms with van der Waals surface area (Å²) in [4.78, 5) is 12.1. The summed E-state index contributed by atoms with van der Waals surface area (Å²) in [7, 11) is 3.09. The van der Waals surface area contributed by atoms with Crippen LogP contribution < -0.4 is 4.74 Å². The molecule has 0 aliphatic rings. The molecule has 0 fully saturated rings. The van der Waals surface area contributed by atoms with E-state index >= 15 is 0 Å². The van der Waals surface area contributed by atoms with E-state index in [4.69, 9.17) is 14.0 Å². The Morgan fingerprint density at radius 3 is 2.79 bits per heavy atom. The summed E-state index contributed by atoms with van der Waals surface area (Å²) in [5.41, 5.74) is 1.34. The highest BCUT2D eigenvalue weighted by Crippen LogP contribution is 2.21. The van der Waals surface area contributed by atoms with Crippen LogP contribution in [0.15, 0.2) is 41.1 Å². The summed E-state index contributed by atoms with van der Waals surface area (Å²) < 4.78 is 29.7. The van der Waals surface area contributed by atoms with Gasteiger partial charge in [0.25, 0.3) is 0 Å². The van der Waals surface area contributed by atoms with Crippen LogP contribution in [0.3, 0.4) is 0 Å². The highest BCUT2D eigenvalue weighted by atomic mass is 19.1. The molecule has 0 radical (unpaired) electrons. The molecule has 1 aromatic carbocycles. The van der Waals surface area contributed by atoms with Crippen molar-refractivity contribution in [3.8, 4) is 17.2 Å². The summed E-state index contributed by atoms with van der Waals surface area (Å²) in [5, 5.41) is 7.82. The molecular weight excluding hydrogens is 317 g/mol. The SMILES string of the molecule is COc1nn(C)cc1C(=O)OCc1cc(-c2ccc(F)cc2)on1. The lowest BCUT2D eigenvalue weighted by atomic mass is 10.1. The molecule has 3 rings (SSSR count). The molecule has 7 nitrogen and oxygen atoms in total.